The average molecular weight is 334 g/mol. The number of rotatable bonds is 6. The number of halogens is 1. The van der Waals surface area contributed by atoms with Crippen molar-refractivity contribution in [2.24, 2.45) is 0 Å². The third kappa shape index (κ3) is 3.95. The molecule has 0 bridgehead atoms. The number of hydrogen-bond donors (Lipinski definition) is 2. The minimum Gasteiger partial charge on any atom is -0.326 e. The lowest BCUT2D eigenvalue weighted by atomic mass is 10.1. The van der Waals surface area contributed by atoms with E-state index in [4.69, 9.17) is 0 Å². The summed E-state index contributed by atoms with van der Waals surface area (Å²) in [5.74, 6) is 0.0700. The summed E-state index contributed by atoms with van der Waals surface area (Å²) in [7, 11) is 0. The number of aromatic amines is 1. The van der Waals surface area contributed by atoms with E-state index in [1.165, 1.54) is 30.8 Å². The van der Waals surface area contributed by atoms with Gasteiger partial charge in [-0.05, 0) is 31.0 Å². The molecule has 23 heavy (non-hydrogen) atoms. The molecule has 120 valence electrons. The highest BCUT2D eigenvalue weighted by molar-refractivity contribution is 7.99. The van der Waals surface area contributed by atoms with Crippen LogP contribution in [0.3, 0.4) is 0 Å². The van der Waals surface area contributed by atoms with Crippen molar-refractivity contribution in [1.29, 1.82) is 0 Å². The molecule has 1 amide bonds. The van der Waals surface area contributed by atoms with Gasteiger partial charge in [0.2, 0.25) is 11.1 Å². The fraction of sp³-hybridized carbons (Fsp3) is 0.333. The van der Waals surface area contributed by atoms with Crippen LogP contribution in [0.5, 0.6) is 0 Å². The predicted octanol–water partition coefficient (Wildman–Crippen LogP) is 2.75. The van der Waals surface area contributed by atoms with Crippen LogP contribution in [0.25, 0.3) is 0 Å². The number of nitrogens with one attached hydrogen (secondary N) is 2. The Hall–Kier alpha value is -2.22. The van der Waals surface area contributed by atoms with Crippen molar-refractivity contribution in [3.63, 3.8) is 0 Å². The number of amides is 1. The number of aromatic nitrogens is 3. The van der Waals surface area contributed by atoms with Crippen LogP contribution in [0.1, 0.15) is 41.9 Å². The average Bonchev–Trinajstić information content (AvgIpc) is 3.23. The molecule has 1 aliphatic carbocycles. The highest BCUT2D eigenvalue weighted by Crippen LogP contribution is 2.38. The second-order valence-corrected chi connectivity index (χ2v) is 6.31. The molecule has 2 aromatic rings. The SMILES string of the molecule is CC(=O)Nc1ccc(C(=O)CSc2n[nH]c(C3CC3)n2)c(F)c1. The van der Waals surface area contributed by atoms with Crippen molar-refractivity contribution in [2.45, 2.75) is 30.8 Å². The van der Waals surface area contributed by atoms with Crippen LogP contribution >= 0.6 is 11.8 Å². The van der Waals surface area contributed by atoms with E-state index < -0.39 is 5.82 Å². The standard InChI is InChI=1S/C15H15FN4O2S/c1-8(21)17-10-4-5-11(12(16)6-10)13(22)7-23-15-18-14(19-20-15)9-2-3-9/h4-6,9H,2-3,7H2,1H3,(H,17,21)(H,18,19,20). The number of Topliss-reactive ketones (excluding diaryl/α,β-unsaturated/α-hetero) is 1. The number of hydrogen-bond acceptors (Lipinski definition) is 5. The van der Waals surface area contributed by atoms with Crippen molar-refractivity contribution in [2.75, 3.05) is 11.1 Å². The lowest BCUT2D eigenvalue weighted by molar-refractivity contribution is -0.114. The molecular formula is C15H15FN4O2S. The highest BCUT2D eigenvalue weighted by atomic mass is 32.2. The van der Waals surface area contributed by atoms with Gasteiger partial charge < -0.3 is 5.32 Å². The Labute approximate surface area is 136 Å². The Balaban J connectivity index is 1.61. The largest absolute Gasteiger partial charge is 0.326 e. The molecule has 0 unspecified atom stereocenters. The second kappa shape index (κ2) is 6.49. The molecule has 3 rings (SSSR count). The van der Waals surface area contributed by atoms with Gasteiger partial charge in [-0.2, -0.15) is 0 Å². The molecule has 8 heteroatoms. The molecule has 2 N–H and O–H groups in total. The fourth-order valence-electron chi connectivity index (χ4n) is 2.09. The van der Waals surface area contributed by atoms with Crippen molar-refractivity contribution in [3.05, 3.63) is 35.4 Å². The van der Waals surface area contributed by atoms with Gasteiger partial charge in [-0.25, -0.2) is 9.37 Å². The van der Waals surface area contributed by atoms with Gasteiger partial charge in [0.05, 0.1) is 11.3 Å². The lowest BCUT2D eigenvalue weighted by Gasteiger charge is -2.05. The van der Waals surface area contributed by atoms with E-state index in [-0.39, 0.29) is 23.0 Å². The lowest BCUT2D eigenvalue weighted by Crippen LogP contribution is -2.09. The molecule has 1 heterocycles. The topological polar surface area (TPSA) is 87.7 Å². The molecule has 0 aliphatic heterocycles. The Morgan fingerprint density at radius 2 is 2.22 bits per heavy atom. The molecule has 1 saturated carbocycles. The first-order valence-electron chi connectivity index (χ1n) is 7.18. The smallest absolute Gasteiger partial charge is 0.221 e. The van der Waals surface area contributed by atoms with Crippen LogP contribution in [0.2, 0.25) is 0 Å². The maximum atomic E-state index is 14.0. The number of benzene rings is 1. The zero-order chi connectivity index (χ0) is 16.4. The normalized spacial score (nSPS) is 13.8. The first-order valence-corrected chi connectivity index (χ1v) is 8.17. The van der Waals surface area contributed by atoms with Gasteiger partial charge in [0, 0.05) is 18.5 Å². The van der Waals surface area contributed by atoms with Crippen molar-refractivity contribution >= 4 is 29.1 Å². The van der Waals surface area contributed by atoms with Gasteiger partial charge in [-0.15, -0.1) is 5.10 Å². The first-order chi connectivity index (χ1) is 11.0. The summed E-state index contributed by atoms with van der Waals surface area (Å²) in [6.07, 6.45) is 2.23. The van der Waals surface area contributed by atoms with E-state index in [2.05, 4.69) is 20.5 Å². The van der Waals surface area contributed by atoms with Crippen LogP contribution in [0, 0.1) is 5.82 Å². The fourth-order valence-corrected chi connectivity index (χ4v) is 2.78. The number of carbonyl (C=O) groups excluding carboxylic acids is 2. The number of anilines is 1. The number of carbonyl (C=O) groups is 2. The Bertz CT molecular complexity index is 758. The molecule has 1 aromatic heterocycles. The Morgan fingerprint density at radius 3 is 2.87 bits per heavy atom. The van der Waals surface area contributed by atoms with Crippen LogP contribution < -0.4 is 5.32 Å². The summed E-state index contributed by atoms with van der Waals surface area (Å²) >= 11 is 1.17. The van der Waals surface area contributed by atoms with Gasteiger partial charge in [0.1, 0.15) is 11.6 Å². The first kappa shape index (κ1) is 15.7. The van der Waals surface area contributed by atoms with E-state index in [1.54, 1.807) is 0 Å². The minimum absolute atomic E-state index is 0.00967. The molecule has 0 radical (unpaired) electrons. The third-order valence-corrected chi connectivity index (χ3v) is 4.22. The van der Waals surface area contributed by atoms with Gasteiger partial charge in [0.25, 0.3) is 0 Å². The maximum absolute atomic E-state index is 14.0. The zero-order valence-corrected chi connectivity index (χ0v) is 13.2. The van der Waals surface area contributed by atoms with E-state index in [9.17, 15) is 14.0 Å². The molecule has 0 spiro atoms. The maximum Gasteiger partial charge on any atom is 0.221 e. The van der Waals surface area contributed by atoms with E-state index >= 15 is 0 Å². The van der Waals surface area contributed by atoms with Crippen LogP contribution in [-0.4, -0.2) is 32.6 Å². The number of H-pyrrole nitrogens is 1. The molecule has 0 saturated heterocycles. The van der Waals surface area contributed by atoms with Gasteiger partial charge in [-0.1, -0.05) is 11.8 Å². The predicted molar refractivity (Wildman–Crippen MR) is 84.1 cm³/mol. The number of ketones is 1. The summed E-state index contributed by atoms with van der Waals surface area (Å²) < 4.78 is 14.0. The molecule has 1 fully saturated rings. The Kier molecular flexibility index (Phi) is 4.42. The monoisotopic (exact) mass is 334 g/mol. The van der Waals surface area contributed by atoms with Crippen molar-refractivity contribution < 1.29 is 14.0 Å². The summed E-state index contributed by atoms with van der Waals surface area (Å²) in [5, 5.41) is 9.87. The van der Waals surface area contributed by atoms with E-state index in [0.717, 1.165) is 24.7 Å². The molecule has 0 atom stereocenters. The van der Waals surface area contributed by atoms with Crippen LogP contribution in [0.4, 0.5) is 10.1 Å². The zero-order valence-electron chi connectivity index (χ0n) is 12.4. The Morgan fingerprint density at radius 1 is 1.43 bits per heavy atom. The summed E-state index contributed by atoms with van der Waals surface area (Å²) in [6.45, 7) is 1.33. The van der Waals surface area contributed by atoms with Crippen molar-refractivity contribution in [1.82, 2.24) is 15.2 Å². The summed E-state index contributed by atoms with van der Waals surface area (Å²) in [5.41, 5.74) is 0.312. The van der Waals surface area contributed by atoms with Crippen molar-refractivity contribution in [3.8, 4) is 0 Å². The molecule has 1 aliphatic rings. The highest BCUT2D eigenvalue weighted by Gasteiger charge is 2.27. The molecule has 1 aromatic carbocycles. The third-order valence-electron chi connectivity index (χ3n) is 3.37. The van der Waals surface area contributed by atoms with Crippen LogP contribution in [-0.2, 0) is 4.79 Å². The van der Waals surface area contributed by atoms with Gasteiger partial charge in [-0.3, -0.25) is 14.7 Å². The quantitative estimate of drug-likeness (QED) is 0.626. The van der Waals surface area contributed by atoms with Gasteiger partial charge in [0.15, 0.2) is 5.78 Å². The minimum atomic E-state index is -0.657. The van der Waals surface area contributed by atoms with Crippen LogP contribution in [0.15, 0.2) is 23.4 Å². The summed E-state index contributed by atoms with van der Waals surface area (Å²) in [6, 6.07) is 4.01. The van der Waals surface area contributed by atoms with E-state index in [1.807, 2.05) is 0 Å². The number of nitrogens with zero attached hydrogens (tertiary/aromatic N) is 2. The molecular weight excluding hydrogens is 319 g/mol. The molecule has 6 nitrogen and oxygen atoms in total. The van der Waals surface area contributed by atoms with Gasteiger partial charge >= 0.3 is 0 Å². The van der Waals surface area contributed by atoms with E-state index in [0.29, 0.717) is 16.8 Å². The second-order valence-electron chi connectivity index (χ2n) is 5.37. The summed E-state index contributed by atoms with van der Waals surface area (Å²) in [4.78, 5) is 27.4. The number of thioether (sulfide) groups is 1.